The molecular weight excluding hydrogens is 546 g/mol. The van der Waals surface area contributed by atoms with E-state index < -0.39 is 0 Å². The van der Waals surface area contributed by atoms with Crippen molar-refractivity contribution in [1.29, 1.82) is 0 Å². The minimum atomic E-state index is -0.386. The van der Waals surface area contributed by atoms with Gasteiger partial charge in [0.2, 0.25) is 5.95 Å². The molecule has 6 rings (SSSR count). The Bertz CT molecular complexity index is 1740. The molecule has 2 aromatic heterocycles. The number of hydrogen-bond donors (Lipinski definition) is 0. The first-order valence-corrected chi connectivity index (χ1v) is 13.2. The average Bonchev–Trinajstić information content (AvgIpc) is 3.31. The van der Waals surface area contributed by atoms with Gasteiger partial charge in [-0.05, 0) is 60.0 Å². The highest BCUT2D eigenvalue weighted by molar-refractivity contribution is 9.10. The summed E-state index contributed by atoms with van der Waals surface area (Å²) in [5, 5.41) is 0. The molecule has 1 atom stereocenters. The van der Waals surface area contributed by atoms with Gasteiger partial charge in [-0.3, -0.25) is 13.9 Å². The van der Waals surface area contributed by atoms with Crippen LogP contribution in [0.5, 0.6) is 11.5 Å². The molecule has 0 amide bonds. The van der Waals surface area contributed by atoms with Crippen molar-refractivity contribution in [2.75, 3.05) is 11.4 Å². The van der Waals surface area contributed by atoms with E-state index in [4.69, 9.17) is 9.72 Å². The normalized spacial score (nSPS) is 15.0. The number of ether oxygens (including phenoxy) is 1. The molecule has 0 saturated heterocycles. The van der Waals surface area contributed by atoms with E-state index in [9.17, 15) is 9.59 Å². The van der Waals surface area contributed by atoms with Crippen LogP contribution in [0.1, 0.15) is 12.5 Å². The molecule has 3 aromatic carbocycles. The van der Waals surface area contributed by atoms with Gasteiger partial charge < -0.3 is 14.2 Å². The Morgan fingerprint density at radius 1 is 0.921 bits per heavy atom. The Morgan fingerprint density at radius 3 is 2.32 bits per heavy atom. The van der Waals surface area contributed by atoms with Crippen molar-refractivity contribution in [2.24, 2.45) is 13.0 Å². The number of imidazole rings is 1. The van der Waals surface area contributed by atoms with Gasteiger partial charge in [0.05, 0.1) is 6.54 Å². The highest BCUT2D eigenvalue weighted by Crippen LogP contribution is 2.34. The molecule has 192 valence electrons. The number of aromatic nitrogens is 4. The molecule has 0 N–H and O–H groups in total. The fourth-order valence-corrected chi connectivity index (χ4v) is 5.22. The van der Waals surface area contributed by atoms with Crippen LogP contribution in [0.25, 0.3) is 11.2 Å². The first-order chi connectivity index (χ1) is 18.4. The molecule has 38 heavy (non-hydrogen) atoms. The van der Waals surface area contributed by atoms with Crippen molar-refractivity contribution < 1.29 is 4.74 Å². The standard InChI is InChI=1S/C29H26BrN5O3/c1-19-16-33(22-12-14-24(15-13-22)38-23-6-4-3-5-7-23)28-31-26-25(34(28)17-19)27(36)35(29(37)32(26)2)18-20-8-10-21(30)11-9-20/h3-15,19H,16-18H2,1-2H3/t19-/m1/s1. The summed E-state index contributed by atoms with van der Waals surface area (Å²) in [6.45, 7) is 3.72. The summed E-state index contributed by atoms with van der Waals surface area (Å²) in [6.07, 6.45) is 0. The molecule has 3 heterocycles. The summed E-state index contributed by atoms with van der Waals surface area (Å²) in [4.78, 5) is 33.9. The smallest absolute Gasteiger partial charge is 0.332 e. The molecule has 8 nitrogen and oxygen atoms in total. The van der Waals surface area contributed by atoms with Crippen LogP contribution in [0.3, 0.4) is 0 Å². The van der Waals surface area contributed by atoms with Gasteiger partial charge in [0.15, 0.2) is 11.2 Å². The predicted octanol–water partition coefficient (Wildman–Crippen LogP) is 5.29. The fourth-order valence-electron chi connectivity index (χ4n) is 4.95. The molecule has 0 spiro atoms. The highest BCUT2D eigenvalue weighted by atomic mass is 79.9. The van der Waals surface area contributed by atoms with Gasteiger partial charge in [-0.25, -0.2) is 4.79 Å². The number of anilines is 2. The lowest BCUT2D eigenvalue weighted by atomic mass is 10.1. The van der Waals surface area contributed by atoms with Crippen molar-refractivity contribution in [3.63, 3.8) is 0 Å². The summed E-state index contributed by atoms with van der Waals surface area (Å²) >= 11 is 3.43. The number of fused-ring (bicyclic) bond motifs is 3. The van der Waals surface area contributed by atoms with Gasteiger partial charge >= 0.3 is 5.69 Å². The number of benzene rings is 3. The minimum Gasteiger partial charge on any atom is -0.457 e. The molecule has 1 aliphatic heterocycles. The molecule has 9 heteroatoms. The SMILES string of the molecule is C[C@@H]1CN(c2ccc(Oc3ccccc3)cc2)c2nc3c(c(=O)n(Cc4ccc(Br)cc4)c(=O)n3C)n2C1. The zero-order chi connectivity index (χ0) is 26.4. The lowest BCUT2D eigenvalue weighted by Crippen LogP contribution is -2.40. The summed E-state index contributed by atoms with van der Waals surface area (Å²) in [6, 6.07) is 25.1. The number of hydrogen-bond acceptors (Lipinski definition) is 5. The van der Waals surface area contributed by atoms with Crippen molar-refractivity contribution in [2.45, 2.75) is 20.0 Å². The van der Waals surface area contributed by atoms with Crippen LogP contribution in [-0.4, -0.2) is 25.2 Å². The van der Waals surface area contributed by atoms with E-state index in [2.05, 4.69) is 27.8 Å². The fraction of sp³-hybridized carbons (Fsp3) is 0.207. The van der Waals surface area contributed by atoms with Crippen LogP contribution in [0.15, 0.2) is 92.9 Å². The van der Waals surface area contributed by atoms with E-state index in [-0.39, 0.29) is 23.7 Å². The zero-order valence-corrected chi connectivity index (χ0v) is 22.6. The van der Waals surface area contributed by atoms with Gasteiger partial charge in [0.1, 0.15) is 11.5 Å². The summed E-state index contributed by atoms with van der Waals surface area (Å²) in [5.74, 6) is 2.42. The Labute approximate surface area is 227 Å². The third kappa shape index (κ3) is 4.32. The van der Waals surface area contributed by atoms with E-state index in [0.29, 0.717) is 23.7 Å². The van der Waals surface area contributed by atoms with Crippen molar-refractivity contribution in [3.8, 4) is 11.5 Å². The van der Waals surface area contributed by atoms with Gasteiger partial charge in [0.25, 0.3) is 5.56 Å². The molecule has 0 aliphatic carbocycles. The van der Waals surface area contributed by atoms with Crippen LogP contribution >= 0.6 is 15.9 Å². The summed E-state index contributed by atoms with van der Waals surface area (Å²) in [7, 11) is 1.67. The maximum Gasteiger partial charge on any atom is 0.332 e. The first-order valence-electron chi connectivity index (χ1n) is 12.4. The lowest BCUT2D eigenvalue weighted by molar-refractivity contribution is 0.457. The predicted molar refractivity (Wildman–Crippen MR) is 152 cm³/mol. The van der Waals surface area contributed by atoms with Crippen molar-refractivity contribution in [1.82, 2.24) is 18.7 Å². The number of para-hydroxylation sites is 1. The number of aryl methyl sites for hydroxylation is 1. The Kier molecular flexibility index (Phi) is 6.15. The van der Waals surface area contributed by atoms with Gasteiger partial charge in [-0.15, -0.1) is 0 Å². The first kappa shape index (κ1) is 24.2. The topological polar surface area (TPSA) is 74.3 Å². The quantitative estimate of drug-likeness (QED) is 0.286. The second kappa shape index (κ2) is 9.64. The molecule has 5 aromatic rings. The third-order valence-electron chi connectivity index (χ3n) is 6.82. The highest BCUT2D eigenvalue weighted by Gasteiger charge is 2.30. The second-order valence-corrected chi connectivity index (χ2v) is 10.6. The molecule has 0 bridgehead atoms. The van der Waals surface area contributed by atoms with E-state index >= 15 is 0 Å². The minimum absolute atomic E-state index is 0.192. The molecular formula is C29H26BrN5O3. The molecule has 0 fully saturated rings. The van der Waals surface area contributed by atoms with E-state index in [1.165, 1.54) is 9.13 Å². The van der Waals surface area contributed by atoms with Crippen LogP contribution in [0.4, 0.5) is 11.6 Å². The Balaban J connectivity index is 1.41. The Morgan fingerprint density at radius 2 is 1.61 bits per heavy atom. The molecule has 0 radical (unpaired) electrons. The van der Waals surface area contributed by atoms with Gasteiger partial charge in [0, 0.05) is 30.3 Å². The van der Waals surface area contributed by atoms with Gasteiger partial charge in [-0.1, -0.05) is 53.2 Å². The van der Waals surface area contributed by atoms with E-state index in [1.54, 1.807) is 7.05 Å². The van der Waals surface area contributed by atoms with Gasteiger partial charge in [-0.2, -0.15) is 4.98 Å². The largest absolute Gasteiger partial charge is 0.457 e. The molecule has 1 aliphatic rings. The number of nitrogens with zero attached hydrogens (tertiary/aromatic N) is 5. The van der Waals surface area contributed by atoms with Crippen LogP contribution in [0.2, 0.25) is 0 Å². The van der Waals surface area contributed by atoms with Crippen LogP contribution in [0, 0.1) is 5.92 Å². The number of halogens is 1. The summed E-state index contributed by atoms with van der Waals surface area (Å²) in [5.41, 5.74) is 1.94. The lowest BCUT2D eigenvalue weighted by Gasteiger charge is -2.33. The van der Waals surface area contributed by atoms with Crippen LogP contribution in [-0.2, 0) is 20.1 Å². The molecule has 0 unspecified atom stereocenters. The average molecular weight is 572 g/mol. The third-order valence-corrected chi connectivity index (χ3v) is 7.35. The van der Waals surface area contributed by atoms with Crippen molar-refractivity contribution >= 4 is 38.7 Å². The maximum absolute atomic E-state index is 13.7. The Hall–Kier alpha value is -4.11. The summed E-state index contributed by atoms with van der Waals surface area (Å²) < 4.78 is 11.6. The second-order valence-electron chi connectivity index (χ2n) is 9.68. The van der Waals surface area contributed by atoms with E-state index in [1.807, 2.05) is 83.4 Å². The van der Waals surface area contributed by atoms with Crippen LogP contribution < -0.4 is 20.9 Å². The zero-order valence-electron chi connectivity index (χ0n) is 21.0. The maximum atomic E-state index is 13.7. The number of rotatable bonds is 5. The van der Waals surface area contributed by atoms with Crippen molar-refractivity contribution in [3.05, 3.63) is 110 Å². The van der Waals surface area contributed by atoms with E-state index in [0.717, 1.165) is 33.8 Å². The monoisotopic (exact) mass is 571 g/mol. The molecule has 0 saturated carbocycles.